The summed E-state index contributed by atoms with van der Waals surface area (Å²) in [6, 6.07) is 18.1. The Morgan fingerprint density at radius 1 is 0.947 bits per heavy atom. The molecule has 0 heterocycles. The number of hydrogen-bond acceptors (Lipinski definition) is 2. The average molecular weight is 250 g/mol. The van der Waals surface area contributed by atoms with E-state index in [0.29, 0.717) is 12.2 Å². The Morgan fingerprint density at radius 2 is 1.68 bits per heavy atom. The first kappa shape index (κ1) is 11.7. The monoisotopic (exact) mass is 250 g/mol. The Labute approximate surface area is 111 Å². The highest BCUT2D eigenvalue weighted by Crippen LogP contribution is 2.26. The van der Waals surface area contributed by atoms with Gasteiger partial charge in [-0.05, 0) is 40.6 Å². The van der Waals surface area contributed by atoms with E-state index in [-0.39, 0.29) is 5.97 Å². The summed E-state index contributed by atoms with van der Waals surface area (Å²) in [6.07, 6.45) is 0. The molecule has 0 radical (unpaired) electrons. The molecule has 3 aromatic carbocycles. The first-order valence-corrected chi connectivity index (χ1v) is 6.38. The van der Waals surface area contributed by atoms with Crippen molar-refractivity contribution in [2.45, 2.75) is 6.92 Å². The van der Waals surface area contributed by atoms with Crippen LogP contribution in [0.5, 0.6) is 0 Å². The maximum absolute atomic E-state index is 11.7. The minimum Gasteiger partial charge on any atom is -0.462 e. The van der Waals surface area contributed by atoms with E-state index in [1.165, 1.54) is 10.8 Å². The quantitative estimate of drug-likeness (QED) is 0.504. The van der Waals surface area contributed by atoms with Crippen LogP contribution in [0.4, 0.5) is 0 Å². The van der Waals surface area contributed by atoms with Crippen LogP contribution in [0.1, 0.15) is 17.3 Å². The lowest BCUT2D eigenvalue weighted by atomic mass is 10.0. The van der Waals surface area contributed by atoms with Crippen LogP contribution in [0.25, 0.3) is 21.5 Å². The second-order valence-electron chi connectivity index (χ2n) is 4.44. The lowest BCUT2D eigenvalue weighted by molar-refractivity contribution is 0.0526. The Balaban J connectivity index is 2.20. The summed E-state index contributed by atoms with van der Waals surface area (Å²) in [4.78, 5) is 11.7. The van der Waals surface area contributed by atoms with Crippen molar-refractivity contribution in [1.82, 2.24) is 0 Å². The Hall–Kier alpha value is -2.35. The molecule has 0 aromatic heterocycles. The average Bonchev–Trinajstić information content (AvgIpc) is 2.46. The van der Waals surface area contributed by atoms with Gasteiger partial charge >= 0.3 is 5.97 Å². The number of benzene rings is 3. The zero-order valence-electron chi connectivity index (χ0n) is 10.7. The van der Waals surface area contributed by atoms with Gasteiger partial charge in [0, 0.05) is 0 Å². The summed E-state index contributed by atoms with van der Waals surface area (Å²) in [5.74, 6) is -0.266. The largest absolute Gasteiger partial charge is 0.462 e. The Kier molecular flexibility index (Phi) is 2.92. The van der Waals surface area contributed by atoms with Crippen molar-refractivity contribution >= 4 is 27.5 Å². The fourth-order valence-electron chi connectivity index (χ4n) is 2.35. The van der Waals surface area contributed by atoms with Gasteiger partial charge in [-0.3, -0.25) is 0 Å². The predicted molar refractivity (Wildman–Crippen MR) is 77.4 cm³/mol. The number of ether oxygens (including phenoxy) is 1. The summed E-state index contributed by atoms with van der Waals surface area (Å²) < 4.78 is 5.03. The highest BCUT2D eigenvalue weighted by atomic mass is 16.5. The molecule has 0 atom stereocenters. The molecule has 19 heavy (non-hydrogen) atoms. The number of fused-ring (bicyclic) bond motifs is 3. The van der Waals surface area contributed by atoms with Crippen molar-refractivity contribution in [3.8, 4) is 0 Å². The molecule has 0 amide bonds. The molecule has 2 heteroatoms. The normalized spacial score (nSPS) is 10.8. The zero-order valence-corrected chi connectivity index (χ0v) is 10.7. The van der Waals surface area contributed by atoms with Crippen LogP contribution in [-0.4, -0.2) is 12.6 Å². The maximum Gasteiger partial charge on any atom is 0.338 e. The molecule has 2 nitrogen and oxygen atoms in total. The molecule has 3 rings (SSSR count). The zero-order chi connectivity index (χ0) is 13.2. The second kappa shape index (κ2) is 4.73. The molecule has 94 valence electrons. The van der Waals surface area contributed by atoms with Crippen LogP contribution in [0.3, 0.4) is 0 Å². The minimum absolute atomic E-state index is 0.266. The molecular weight excluding hydrogens is 236 g/mol. The van der Waals surface area contributed by atoms with Crippen molar-refractivity contribution in [2.75, 3.05) is 6.61 Å². The molecule has 0 aliphatic rings. The van der Waals surface area contributed by atoms with Crippen molar-refractivity contribution in [1.29, 1.82) is 0 Å². The van der Waals surface area contributed by atoms with Gasteiger partial charge in [0.15, 0.2) is 0 Å². The first-order chi connectivity index (χ1) is 9.29. The molecule has 0 saturated carbocycles. The lowest BCUT2D eigenvalue weighted by Gasteiger charge is -2.06. The molecule has 0 aliphatic carbocycles. The van der Waals surface area contributed by atoms with E-state index in [2.05, 4.69) is 18.2 Å². The van der Waals surface area contributed by atoms with Gasteiger partial charge in [-0.15, -0.1) is 0 Å². The van der Waals surface area contributed by atoms with Crippen LogP contribution in [0.2, 0.25) is 0 Å². The van der Waals surface area contributed by atoms with E-state index < -0.39 is 0 Å². The smallest absolute Gasteiger partial charge is 0.338 e. The third kappa shape index (κ3) is 2.06. The highest BCUT2D eigenvalue weighted by Gasteiger charge is 2.08. The molecule has 0 N–H and O–H groups in total. The Bertz CT molecular complexity index is 759. The Morgan fingerprint density at radius 3 is 2.53 bits per heavy atom. The number of hydrogen-bond donors (Lipinski definition) is 0. The van der Waals surface area contributed by atoms with E-state index in [9.17, 15) is 4.79 Å². The van der Waals surface area contributed by atoms with Crippen molar-refractivity contribution in [3.05, 3.63) is 60.2 Å². The number of carbonyl (C=O) groups excluding carboxylic acids is 1. The summed E-state index contributed by atoms with van der Waals surface area (Å²) in [6.45, 7) is 2.21. The van der Waals surface area contributed by atoms with Crippen LogP contribution < -0.4 is 0 Å². The third-order valence-corrected chi connectivity index (χ3v) is 3.26. The fraction of sp³-hybridized carbons (Fsp3) is 0.118. The van der Waals surface area contributed by atoms with Gasteiger partial charge in [-0.2, -0.15) is 0 Å². The fourth-order valence-corrected chi connectivity index (χ4v) is 2.35. The number of rotatable bonds is 2. The van der Waals surface area contributed by atoms with Crippen LogP contribution in [0, 0.1) is 0 Å². The molecular formula is C17H14O2. The van der Waals surface area contributed by atoms with Crippen LogP contribution >= 0.6 is 0 Å². The van der Waals surface area contributed by atoms with Gasteiger partial charge < -0.3 is 4.74 Å². The van der Waals surface area contributed by atoms with Crippen molar-refractivity contribution in [2.24, 2.45) is 0 Å². The molecule has 0 bridgehead atoms. The van der Waals surface area contributed by atoms with Gasteiger partial charge in [0.05, 0.1) is 12.2 Å². The van der Waals surface area contributed by atoms with E-state index in [1.54, 1.807) is 0 Å². The van der Waals surface area contributed by atoms with Gasteiger partial charge in [0.25, 0.3) is 0 Å². The third-order valence-electron chi connectivity index (χ3n) is 3.26. The van der Waals surface area contributed by atoms with Gasteiger partial charge in [0.1, 0.15) is 0 Å². The predicted octanol–water partition coefficient (Wildman–Crippen LogP) is 4.17. The van der Waals surface area contributed by atoms with Crippen LogP contribution in [0.15, 0.2) is 54.6 Å². The lowest BCUT2D eigenvalue weighted by Crippen LogP contribution is -2.04. The molecule has 0 saturated heterocycles. The maximum atomic E-state index is 11.7. The van der Waals surface area contributed by atoms with E-state index in [0.717, 1.165) is 10.8 Å². The summed E-state index contributed by atoms with van der Waals surface area (Å²) in [7, 11) is 0. The van der Waals surface area contributed by atoms with E-state index in [1.807, 2.05) is 43.3 Å². The highest BCUT2D eigenvalue weighted by molar-refractivity contribution is 6.09. The van der Waals surface area contributed by atoms with Crippen molar-refractivity contribution < 1.29 is 9.53 Å². The minimum atomic E-state index is -0.266. The first-order valence-electron chi connectivity index (χ1n) is 6.38. The molecule has 0 aliphatic heterocycles. The second-order valence-corrected chi connectivity index (χ2v) is 4.44. The molecule has 0 spiro atoms. The van der Waals surface area contributed by atoms with Gasteiger partial charge in [-0.25, -0.2) is 4.79 Å². The standard InChI is InChI=1S/C17H14O2/c1-2-19-17(18)14-9-10-16-13(11-14)8-7-12-5-3-4-6-15(12)16/h3-11H,2H2,1H3. The molecule has 0 unspecified atom stereocenters. The van der Waals surface area contributed by atoms with Gasteiger partial charge in [0.2, 0.25) is 0 Å². The summed E-state index contributed by atoms with van der Waals surface area (Å²) in [5, 5.41) is 4.63. The molecule has 0 fully saturated rings. The van der Waals surface area contributed by atoms with E-state index in [4.69, 9.17) is 4.74 Å². The SMILES string of the molecule is CCOC(=O)c1ccc2c(ccc3ccccc32)c1. The molecule has 3 aromatic rings. The topological polar surface area (TPSA) is 26.3 Å². The van der Waals surface area contributed by atoms with Crippen molar-refractivity contribution in [3.63, 3.8) is 0 Å². The summed E-state index contributed by atoms with van der Waals surface area (Å²) in [5.41, 5.74) is 0.602. The van der Waals surface area contributed by atoms with Gasteiger partial charge in [-0.1, -0.05) is 42.5 Å². The summed E-state index contributed by atoms with van der Waals surface area (Å²) >= 11 is 0. The number of carbonyl (C=O) groups is 1. The number of esters is 1. The van der Waals surface area contributed by atoms with Crippen LogP contribution in [-0.2, 0) is 4.74 Å². The van der Waals surface area contributed by atoms with E-state index >= 15 is 0 Å².